The van der Waals surface area contributed by atoms with E-state index in [0.717, 1.165) is 23.5 Å². The van der Waals surface area contributed by atoms with E-state index in [9.17, 15) is 0 Å². The summed E-state index contributed by atoms with van der Waals surface area (Å²) >= 11 is 0. The van der Waals surface area contributed by atoms with Crippen molar-refractivity contribution in [3.05, 3.63) is 78.5 Å². The second kappa shape index (κ2) is 6.05. The molecule has 0 aliphatic carbocycles. The molecule has 3 heteroatoms. The van der Waals surface area contributed by atoms with Gasteiger partial charge in [-0.2, -0.15) is 0 Å². The first-order chi connectivity index (χ1) is 11.4. The SMILES string of the molecule is C1=NC=C2c3ccc(-c4ccccccccc4)nc3NC2C1. The topological polar surface area (TPSA) is 37.3 Å². The maximum atomic E-state index is 4.82. The van der Waals surface area contributed by atoms with E-state index < -0.39 is 0 Å². The molecule has 3 heterocycles. The van der Waals surface area contributed by atoms with Crippen molar-refractivity contribution in [2.75, 3.05) is 5.32 Å². The summed E-state index contributed by atoms with van der Waals surface area (Å²) in [6.45, 7) is 0. The third-order valence-corrected chi connectivity index (χ3v) is 4.07. The van der Waals surface area contributed by atoms with Crippen LogP contribution in [0.15, 0.2) is 77.9 Å². The standard InChI is InChI=1S/C20H17N3/c1-2-4-6-8-15(9-7-5-3-1)18-11-10-16-17-14-21-13-12-19(17)23-20(16)22-18/h1-11,13-14,19H,12H2,(H,22,23). The average molecular weight is 299 g/mol. The summed E-state index contributed by atoms with van der Waals surface area (Å²) in [5.74, 6) is 0.954. The van der Waals surface area contributed by atoms with Crippen molar-refractivity contribution in [2.24, 2.45) is 4.99 Å². The molecule has 112 valence electrons. The molecular formula is C20H17N3. The predicted molar refractivity (Wildman–Crippen MR) is 95.8 cm³/mol. The highest BCUT2D eigenvalue weighted by Gasteiger charge is 2.28. The molecule has 0 saturated carbocycles. The molecule has 0 bridgehead atoms. The first kappa shape index (κ1) is 13.7. The predicted octanol–water partition coefficient (Wildman–Crippen LogP) is 4.48. The van der Waals surface area contributed by atoms with Gasteiger partial charge >= 0.3 is 0 Å². The van der Waals surface area contributed by atoms with Crippen LogP contribution in [0.2, 0.25) is 0 Å². The van der Waals surface area contributed by atoms with Gasteiger partial charge in [0.25, 0.3) is 0 Å². The molecule has 2 aliphatic heterocycles. The third kappa shape index (κ3) is 2.73. The fourth-order valence-corrected chi connectivity index (χ4v) is 2.90. The molecule has 1 atom stereocenters. The van der Waals surface area contributed by atoms with Crippen molar-refractivity contribution in [1.29, 1.82) is 0 Å². The largest absolute Gasteiger partial charge is 0.362 e. The molecule has 2 aliphatic rings. The van der Waals surface area contributed by atoms with Crippen LogP contribution in [0.1, 0.15) is 12.0 Å². The van der Waals surface area contributed by atoms with Gasteiger partial charge in [-0.05, 0) is 12.1 Å². The van der Waals surface area contributed by atoms with E-state index >= 15 is 0 Å². The number of anilines is 1. The van der Waals surface area contributed by atoms with Crippen molar-refractivity contribution in [3.8, 4) is 11.3 Å². The van der Waals surface area contributed by atoms with Crippen molar-refractivity contribution >= 4 is 17.6 Å². The zero-order chi connectivity index (χ0) is 15.5. The molecule has 1 N–H and O–H groups in total. The number of aliphatic imine (C=N–C) groups is 1. The zero-order valence-corrected chi connectivity index (χ0v) is 12.7. The van der Waals surface area contributed by atoms with E-state index in [-0.39, 0.29) is 0 Å². The summed E-state index contributed by atoms with van der Waals surface area (Å²) < 4.78 is 0. The number of pyridine rings is 1. The second-order valence-corrected chi connectivity index (χ2v) is 5.58. The van der Waals surface area contributed by atoms with Crippen LogP contribution >= 0.6 is 0 Å². The number of nitrogens with one attached hydrogen (secondary N) is 1. The van der Waals surface area contributed by atoms with E-state index in [2.05, 4.69) is 34.6 Å². The molecule has 1 aromatic heterocycles. The Morgan fingerprint density at radius 1 is 0.870 bits per heavy atom. The number of rotatable bonds is 1. The fourth-order valence-electron chi connectivity index (χ4n) is 2.90. The van der Waals surface area contributed by atoms with Crippen LogP contribution in [0, 0.1) is 0 Å². The van der Waals surface area contributed by atoms with E-state index in [1.807, 2.05) is 54.9 Å². The number of nitrogens with zero attached hydrogens (tertiary/aromatic N) is 2. The molecule has 0 radical (unpaired) electrons. The fraction of sp³-hybridized carbons (Fsp3) is 0.100. The second-order valence-electron chi connectivity index (χ2n) is 5.58. The Hall–Kier alpha value is -2.94. The molecule has 23 heavy (non-hydrogen) atoms. The van der Waals surface area contributed by atoms with E-state index in [0.29, 0.717) is 6.04 Å². The Morgan fingerprint density at radius 2 is 1.61 bits per heavy atom. The quantitative estimate of drug-likeness (QED) is 0.843. The first-order valence-corrected chi connectivity index (χ1v) is 7.80. The summed E-state index contributed by atoms with van der Waals surface area (Å²) in [6.07, 6.45) is 4.81. The van der Waals surface area contributed by atoms with Gasteiger partial charge in [-0.3, -0.25) is 4.99 Å². The smallest absolute Gasteiger partial charge is 0.134 e. The van der Waals surface area contributed by atoms with Gasteiger partial charge in [-0.1, -0.05) is 54.6 Å². The van der Waals surface area contributed by atoms with Gasteiger partial charge in [0.1, 0.15) is 5.82 Å². The van der Waals surface area contributed by atoms with Crippen LogP contribution < -0.4 is 5.32 Å². The van der Waals surface area contributed by atoms with Gasteiger partial charge in [0.2, 0.25) is 0 Å². The number of hydrogen-bond donors (Lipinski definition) is 1. The van der Waals surface area contributed by atoms with E-state index in [4.69, 9.17) is 4.98 Å². The summed E-state index contributed by atoms with van der Waals surface area (Å²) in [6, 6.07) is 22.8. The van der Waals surface area contributed by atoms with Gasteiger partial charge in [0.05, 0.1) is 11.7 Å². The van der Waals surface area contributed by atoms with E-state index in [1.54, 1.807) is 0 Å². The zero-order valence-electron chi connectivity index (χ0n) is 12.7. The van der Waals surface area contributed by atoms with Crippen molar-refractivity contribution < 1.29 is 0 Å². The number of fused-ring (bicyclic) bond motifs is 3. The van der Waals surface area contributed by atoms with Crippen molar-refractivity contribution in [2.45, 2.75) is 12.5 Å². The van der Waals surface area contributed by atoms with Crippen LogP contribution in [0.3, 0.4) is 0 Å². The first-order valence-electron chi connectivity index (χ1n) is 7.80. The Balaban J connectivity index is 1.77. The molecule has 0 fully saturated rings. The molecule has 1 aromatic carbocycles. The molecule has 0 spiro atoms. The highest BCUT2D eigenvalue weighted by atomic mass is 15.1. The average Bonchev–Trinajstić information content (AvgIpc) is 2.97. The van der Waals surface area contributed by atoms with Gasteiger partial charge in [0, 0.05) is 35.5 Å². The summed E-state index contributed by atoms with van der Waals surface area (Å²) in [5, 5.41) is 3.50. The van der Waals surface area contributed by atoms with Crippen LogP contribution in [0.5, 0.6) is 0 Å². The third-order valence-electron chi connectivity index (χ3n) is 4.07. The Bertz CT molecular complexity index is 826. The number of aromatic nitrogens is 1. The lowest BCUT2D eigenvalue weighted by molar-refractivity contribution is 0.962. The summed E-state index contributed by atoms with van der Waals surface area (Å²) in [5.41, 5.74) is 4.46. The molecule has 3 nitrogen and oxygen atoms in total. The number of hydrogen-bond acceptors (Lipinski definition) is 3. The van der Waals surface area contributed by atoms with Crippen LogP contribution in [0.25, 0.3) is 16.8 Å². The van der Waals surface area contributed by atoms with Crippen molar-refractivity contribution in [3.63, 3.8) is 0 Å². The van der Waals surface area contributed by atoms with Gasteiger partial charge in [-0.15, -0.1) is 0 Å². The maximum absolute atomic E-state index is 4.82. The van der Waals surface area contributed by atoms with Crippen LogP contribution in [-0.2, 0) is 0 Å². The van der Waals surface area contributed by atoms with Gasteiger partial charge < -0.3 is 5.32 Å². The lowest BCUT2D eigenvalue weighted by atomic mass is 10.0. The summed E-state index contributed by atoms with van der Waals surface area (Å²) in [7, 11) is 0. The summed E-state index contributed by atoms with van der Waals surface area (Å²) in [4.78, 5) is 9.10. The Labute approximate surface area is 135 Å². The normalized spacial score (nSPS) is 17.4. The molecule has 0 amide bonds. The molecule has 0 saturated heterocycles. The minimum absolute atomic E-state index is 0.312. The molecule has 1 unspecified atom stereocenters. The van der Waals surface area contributed by atoms with Crippen molar-refractivity contribution in [1.82, 2.24) is 4.98 Å². The molecular weight excluding hydrogens is 282 g/mol. The highest BCUT2D eigenvalue weighted by molar-refractivity contribution is 5.89. The minimum Gasteiger partial charge on any atom is -0.362 e. The van der Waals surface area contributed by atoms with E-state index in [1.165, 1.54) is 11.1 Å². The molecule has 4 rings (SSSR count). The van der Waals surface area contributed by atoms with Gasteiger partial charge in [0.15, 0.2) is 0 Å². The molecule has 2 aromatic rings. The lowest BCUT2D eigenvalue weighted by Crippen LogP contribution is -2.16. The van der Waals surface area contributed by atoms with Crippen LogP contribution in [0.4, 0.5) is 5.82 Å². The van der Waals surface area contributed by atoms with Gasteiger partial charge in [-0.25, -0.2) is 4.98 Å². The Kier molecular flexibility index (Phi) is 3.60. The highest BCUT2D eigenvalue weighted by Crippen LogP contribution is 2.37. The van der Waals surface area contributed by atoms with Crippen LogP contribution in [-0.4, -0.2) is 17.2 Å². The monoisotopic (exact) mass is 299 g/mol. The maximum Gasteiger partial charge on any atom is 0.134 e. The Morgan fingerprint density at radius 3 is 2.39 bits per heavy atom. The lowest BCUT2D eigenvalue weighted by Gasteiger charge is -2.11. The minimum atomic E-state index is 0.312.